The summed E-state index contributed by atoms with van der Waals surface area (Å²) >= 11 is 2.69. The molecular formula is C23H42N6O7S2. The lowest BCUT2D eigenvalue weighted by Crippen LogP contribution is -2.39. The number of thioether (sulfide) groups is 1. The van der Waals surface area contributed by atoms with E-state index in [1.807, 2.05) is 25.6 Å². The predicted octanol–water partition coefficient (Wildman–Crippen LogP) is -0.199. The van der Waals surface area contributed by atoms with Gasteiger partial charge in [0.15, 0.2) is 12.3 Å². The van der Waals surface area contributed by atoms with Gasteiger partial charge < -0.3 is 37.1 Å². The van der Waals surface area contributed by atoms with Crippen LogP contribution in [0.25, 0.3) is 0 Å². The van der Waals surface area contributed by atoms with Crippen LogP contribution in [-0.2, 0) is 27.5 Å². The SMILES string of the molecule is CC(C)(CNC(=O)CCOCCNC(=O)CCCC[C@@H]1SC[C@@H]2NC(=O)N[C@@H]21)OSOCCNC(=O)CN. The maximum absolute atomic E-state index is 12.0. The third-order valence-electron chi connectivity index (χ3n) is 5.83. The molecule has 0 bridgehead atoms. The fourth-order valence-corrected chi connectivity index (χ4v) is 5.76. The van der Waals surface area contributed by atoms with Crippen LogP contribution in [0.5, 0.6) is 0 Å². The maximum Gasteiger partial charge on any atom is 0.315 e. The van der Waals surface area contributed by atoms with E-state index in [1.54, 1.807) is 0 Å². The van der Waals surface area contributed by atoms with Crippen LogP contribution in [0.4, 0.5) is 4.79 Å². The third-order valence-corrected chi connectivity index (χ3v) is 8.13. The molecule has 15 heteroatoms. The Balaban J connectivity index is 1.38. The van der Waals surface area contributed by atoms with Gasteiger partial charge in [0.2, 0.25) is 17.7 Å². The first-order chi connectivity index (χ1) is 18.2. The lowest BCUT2D eigenvalue weighted by Gasteiger charge is -2.23. The summed E-state index contributed by atoms with van der Waals surface area (Å²) < 4.78 is 16.2. The minimum absolute atomic E-state index is 0.0106. The van der Waals surface area contributed by atoms with E-state index in [0.717, 1.165) is 37.3 Å². The van der Waals surface area contributed by atoms with Crippen molar-refractivity contribution in [2.24, 2.45) is 5.73 Å². The van der Waals surface area contributed by atoms with Gasteiger partial charge in [-0.3, -0.25) is 22.7 Å². The molecule has 13 nitrogen and oxygen atoms in total. The summed E-state index contributed by atoms with van der Waals surface area (Å²) in [5.41, 5.74) is 4.53. The molecule has 0 spiro atoms. The van der Waals surface area contributed by atoms with Crippen molar-refractivity contribution in [2.45, 2.75) is 68.9 Å². The number of carbonyl (C=O) groups is 4. The van der Waals surface area contributed by atoms with Crippen LogP contribution < -0.4 is 32.3 Å². The van der Waals surface area contributed by atoms with Crippen LogP contribution in [0.3, 0.4) is 0 Å². The largest absolute Gasteiger partial charge is 0.379 e. The lowest BCUT2D eigenvalue weighted by molar-refractivity contribution is -0.123. The van der Waals surface area contributed by atoms with Crippen molar-refractivity contribution in [3.8, 4) is 0 Å². The van der Waals surface area contributed by atoms with Crippen molar-refractivity contribution >= 4 is 47.8 Å². The van der Waals surface area contributed by atoms with Crippen molar-refractivity contribution in [2.75, 3.05) is 51.8 Å². The molecule has 218 valence electrons. The smallest absolute Gasteiger partial charge is 0.315 e. The van der Waals surface area contributed by atoms with E-state index in [1.165, 1.54) is 0 Å². The normalized spacial score (nSPS) is 20.4. The minimum atomic E-state index is -0.659. The topological polar surface area (TPSA) is 182 Å². The number of fused-ring (bicyclic) bond motifs is 1. The molecular weight excluding hydrogens is 536 g/mol. The summed E-state index contributed by atoms with van der Waals surface area (Å²) in [5, 5.41) is 14.5. The summed E-state index contributed by atoms with van der Waals surface area (Å²) in [6, 6.07) is 0.355. The fraction of sp³-hybridized carbons (Fsp3) is 0.826. The fourth-order valence-electron chi connectivity index (χ4n) is 3.78. The van der Waals surface area contributed by atoms with Gasteiger partial charge in [-0.25, -0.2) is 4.79 Å². The van der Waals surface area contributed by atoms with Gasteiger partial charge in [-0.05, 0) is 26.7 Å². The van der Waals surface area contributed by atoms with Crippen molar-refractivity contribution in [1.29, 1.82) is 0 Å². The highest BCUT2D eigenvalue weighted by atomic mass is 32.2. The molecule has 7 N–H and O–H groups in total. The first-order valence-electron chi connectivity index (χ1n) is 12.9. The van der Waals surface area contributed by atoms with Gasteiger partial charge in [0.1, 0.15) is 0 Å². The molecule has 0 aliphatic carbocycles. The molecule has 3 atom stereocenters. The first kappa shape index (κ1) is 32.4. The monoisotopic (exact) mass is 578 g/mol. The molecule has 0 aromatic carbocycles. The molecule has 2 saturated heterocycles. The van der Waals surface area contributed by atoms with Gasteiger partial charge in [-0.1, -0.05) is 6.42 Å². The van der Waals surface area contributed by atoms with Crippen LogP contribution >= 0.6 is 24.1 Å². The number of urea groups is 1. The van der Waals surface area contributed by atoms with Gasteiger partial charge in [-0.15, -0.1) is 0 Å². The Kier molecular flexibility index (Phi) is 15.1. The minimum Gasteiger partial charge on any atom is -0.379 e. The summed E-state index contributed by atoms with van der Waals surface area (Å²) in [6.07, 6.45) is 3.40. The van der Waals surface area contributed by atoms with Crippen LogP contribution in [0.2, 0.25) is 0 Å². The summed E-state index contributed by atoms with van der Waals surface area (Å²) in [4.78, 5) is 46.5. The van der Waals surface area contributed by atoms with Gasteiger partial charge in [0.25, 0.3) is 0 Å². The standard InChI is InChI=1S/C23H42N6O7S2/c1-23(2,36-38-35-12-9-26-20(32)13-24)15-27-19(31)7-10-34-11-8-25-18(30)6-4-3-5-17-21-16(14-37-17)28-22(33)29-21/h16-17,21H,3-15,24H2,1-2H3,(H,25,30)(H,26,32)(H,27,31)(H2,28,29,33)/t16-,17-,21-/m0/s1. The molecule has 5 amide bonds. The lowest BCUT2D eigenvalue weighted by atomic mass is 10.0. The van der Waals surface area contributed by atoms with Crippen molar-refractivity contribution in [3.05, 3.63) is 0 Å². The summed E-state index contributed by atoms with van der Waals surface area (Å²) in [6.45, 7) is 5.42. The van der Waals surface area contributed by atoms with Crippen LogP contribution in [-0.4, -0.2) is 98.4 Å². The second-order valence-corrected chi connectivity index (χ2v) is 11.5. The van der Waals surface area contributed by atoms with Gasteiger partial charge in [-0.2, -0.15) is 11.8 Å². The Bertz CT molecular complexity index is 777. The number of unbranched alkanes of at least 4 members (excludes halogenated alkanes) is 1. The molecule has 2 aliphatic rings. The molecule has 0 aromatic heterocycles. The molecule has 38 heavy (non-hydrogen) atoms. The Morgan fingerprint density at radius 3 is 2.55 bits per heavy atom. The zero-order chi connectivity index (χ0) is 27.8. The number of nitrogens with two attached hydrogens (primary N) is 1. The number of hydrogen-bond acceptors (Lipinski definition) is 10. The molecule has 2 rings (SSSR count). The zero-order valence-corrected chi connectivity index (χ0v) is 23.8. The van der Waals surface area contributed by atoms with Gasteiger partial charge >= 0.3 is 6.03 Å². The molecule has 0 aromatic rings. The van der Waals surface area contributed by atoms with Crippen molar-refractivity contribution in [3.63, 3.8) is 0 Å². The number of carbonyl (C=O) groups excluding carboxylic acids is 4. The van der Waals surface area contributed by atoms with Crippen molar-refractivity contribution in [1.82, 2.24) is 26.6 Å². The van der Waals surface area contributed by atoms with Crippen LogP contribution in [0.1, 0.15) is 46.0 Å². The van der Waals surface area contributed by atoms with Gasteiger partial charge in [0.05, 0.1) is 44.1 Å². The van der Waals surface area contributed by atoms with E-state index in [2.05, 4.69) is 26.6 Å². The third kappa shape index (κ3) is 13.3. The quantitative estimate of drug-likeness (QED) is 0.0643. The zero-order valence-electron chi connectivity index (χ0n) is 22.2. The van der Waals surface area contributed by atoms with Crippen LogP contribution in [0.15, 0.2) is 0 Å². The predicted molar refractivity (Wildman–Crippen MR) is 146 cm³/mol. The highest BCUT2D eigenvalue weighted by Gasteiger charge is 2.42. The highest BCUT2D eigenvalue weighted by molar-refractivity contribution is 8.00. The average Bonchev–Trinajstić information content (AvgIpc) is 3.43. The molecule has 0 saturated carbocycles. The number of amides is 5. The number of ether oxygens (including phenoxy) is 1. The second kappa shape index (κ2) is 17.7. The molecule has 2 fully saturated rings. The summed E-state index contributed by atoms with van der Waals surface area (Å²) in [5.74, 6) is 0.511. The number of rotatable bonds is 20. The molecule has 2 heterocycles. The maximum atomic E-state index is 12.0. The molecule has 2 aliphatic heterocycles. The summed E-state index contributed by atoms with van der Waals surface area (Å²) in [7, 11) is 0. The van der Waals surface area contributed by atoms with E-state index >= 15 is 0 Å². The van der Waals surface area contributed by atoms with Crippen LogP contribution in [0, 0.1) is 0 Å². The van der Waals surface area contributed by atoms with E-state index in [-0.39, 0.29) is 68.6 Å². The number of nitrogens with one attached hydrogen (secondary N) is 5. The van der Waals surface area contributed by atoms with E-state index in [0.29, 0.717) is 31.4 Å². The van der Waals surface area contributed by atoms with Gasteiger partial charge in [0, 0.05) is 43.5 Å². The Labute approximate surface area is 232 Å². The Morgan fingerprint density at radius 1 is 1.03 bits per heavy atom. The number of hydrogen-bond donors (Lipinski definition) is 6. The van der Waals surface area contributed by atoms with E-state index in [9.17, 15) is 19.2 Å². The molecule has 0 unspecified atom stereocenters. The molecule has 0 radical (unpaired) electrons. The second-order valence-electron chi connectivity index (χ2n) is 9.64. The highest BCUT2D eigenvalue weighted by Crippen LogP contribution is 2.33. The Morgan fingerprint density at radius 2 is 1.76 bits per heavy atom. The van der Waals surface area contributed by atoms with E-state index in [4.69, 9.17) is 18.8 Å². The van der Waals surface area contributed by atoms with Crippen molar-refractivity contribution < 1.29 is 32.3 Å². The first-order valence-corrected chi connectivity index (χ1v) is 14.7. The Hall–Kier alpha value is -1.78. The van der Waals surface area contributed by atoms with E-state index < -0.39 is 5.60 Å². The average molecular weight is 579 g/mol.